The Bertz CT molecular complexity index is 1670. The second kappa shape index (κ2) is 11.1. The lowest BCUT2D eigenvalue weighted by atomic mass is 10.2. The molecule has 1 aliphatic heterocycles. The molecule has 1 atom stereocenters. The average Bonchev–Trinajstić information content (AvgIpc) is 3.49. The van der Waals surface area contributed by atoms with Crippen LogP contribution >= 0.6 is 11.3 Å². The van der Waals surface area contributed by atoms with Gasteiger partial charge in [0.05, 0.1) is 33.8 Å². The molecular formula is C28H26FN3O6S2. The normalized spacial score (nSPS) is 16.1. The molecule has 12 heteroatoms. The first kappa shape index (κ1) is 28.0. The molecule has 1 saturated heterocycles. The van der Waals surface area contributed by atoms with E-state index < -0.39 is 40.0 Å². The van der Waals surface area contributed by atoms with Crippen LogP contribution < -0.4 is 4.90 Å². The van der Waals surface area contributed by atoms with Crippen molar-refractivity contribution in [2.45, 2.75) is 30.6 Å². The van der Waals surface area contributed by atoms with Gasteiger partial charge in [0.25, 0.3) is 5.91 Å². The second-order valence-electron chi connectivity index (χ2n) is 9.25. The number of hydrogen-bond acceptors (Lipinski definition) is 8. The number of benzene rings is 3. The summed E-state index contributed by atoms with van der Waals surface area (Å²) in [7, 11) is -1.67. The van der Waals surface area contributed by atoms with Crippen LogP contribution in [0.2, 0.25) is 0 Å². The van der Waals surface area contributed by atoms with E-state index in [2.05, 4.69) is 11.1 Å². The number of nitrogens with zero attached hydrogens (tertiary/aromatic N) is 3. The van der Waals surface area contributed by atoms with Crippen molar-refractivity contribution in [2.75, 3.05) is 25.7 Å². The summed E-state index contributed by atoms with van der Waals surface area (Å²) in [4.78, 5) is 32.1. The highest BCUT2D eigenvalue weighted by atomic mass is 32.2. The van der Waals surface area contributed by atoms with E-state index in [0.717, 1.165) is 59.8 Å². The third-order valence-corrected chi connectivity index (χ3v) is 9.62. The molecule has 5 rings (SSSR count). The number of ether oxygens (including phenoxy) is 2. The van der Waals surface area contributed by atoms with Gasteiger partial charge in [-0.3, -0.25) is 9.59 Å². The Kier molecular flexibility index (Phi) is 7.80. The number of aryl methyl sites for hydroxylation is 1. The molecule has 0 aliphatic carbocycles. The molecule has 1 fully saturated rings. The molecular weight excluding hydrogens is 557 g/mol. The Hall–Kier alpha value is -3.55. The molecule has 4 aromatic rings. The van der Waals surface area contributed by atoms with Gasteiger partial charge in [0.1, 0.15) is 16.9 Å². The van der Waals surface area contributed by atoms with Crippen molar-refractivity contribution in [3.8, 4) is 10.6 Å². The van der Waals surface area contributed by atoms with Crippen molar-refractivity contribution in [2.24, 2.45) is 0 Å². The van der Waals surface area contributed by atoms with Gasteiger partial charge in [-0.1, -0.05) is 6.07 Å². The number of hydrogen-bond donors (Lipinski definition) is 0. The van der Waals surface area contributed by atoms with E-state index >= 15 is 0 Å². The van der Waals surface area contributed by atoms with Crippen molar-refractivity contribution >= 4 is 49.1 Å². The fourth-order valence-corrected chi connectivity index (χ4v) is 7.19. The minimum absolute atomic E-state index is 0.228. The van der Waals surface area contributed by atoms with Crippen LogP contribution in [0.4, 0.5) is 10.1 Å². The van der Waals surface area contributed by atoms with Crippen molar-refractivity contribution < 1.29 is 31.9 Å². The molecule has 0 N–H and O–H groups in total. The van der Waals surface area contributed by atoms with E-state index in [1.165, 1.54) is 14.2 Å². The molecule has 1 aromatic heterocycles. The van der Waals surface area contributed by atoms with Gasteiger partial charge in [-0.15, -0.1) is 11.3 Å². The summed E-state index contributed by atoms with van der Waals surface area (Å²) in [5.41, 5.74) is 3.15. The number of amides is 2. The number of methoxy groups -OCH3 is 2. The fourth-order valence-electron chi connectivity index (χ4n) is 4.55. The van der Waals surface area contributed by atoms with Gasteiger partial charge in [0.2, 0.25) is 15.9 Å². The predicted molar refractivity (Wildman–Crippen MR) is 149 cm³/mol. The predicted octanol–water partition coefficient (Wildman–Crippen LogP) is 4.35. The van der Waals surface area contributed by atoms with E-state index in [0.29, 0.717) is 5.69 Å². The first-order valence-electron chi connectivity index (χ1n) is 12.3. The standard InChI is InChI=1S/C28H26FN3O6S2/c1-17-4-13-22-24(14-17)39-27(30-22)18-5-9-20(10-6-18)32-25(33)15-23(28(32)34)31(16-26(37-2)38-3)40(35,36)21-11-7-19(29)8-12-21/h4-14,23,26H,15-16H2,1-3H3. The third-order valence-electron chi connectivity index (χ3n) is 6.66. The molecule has 208 valence electrons. The second-order valence-corrected chi connectivity index (χ2v) is 12.2. The monoisotopic (exact) mass is 583 g/mol. The fraction of sp³-hybridized carbons (Fsp3) is 0.250. The summed E-state index contributed by atoms with van der Waals surface area (Å²) in [5.74, 6) is -1.87. The van der Waals surface area contributed by atoms with E-state index in [4.69, 9.17) is 9.47 Å². The maximum atomic E-state index is 13.6. The quantitative estimate of drug-likeness (QED) is 0.213. The molecule has 0 radical (unpaired) electrons. The topological polar surface area (TPSA) is 106 Å². The highest BCUT2D eigenvalue weighted by Gasteiger charge is 2.47. The maximum Gasteiger partial charge on any atom is 0.252 e. The summed E-state index contributed by atoms with van der Waals surface area (Å²) in [6, 6.07) is 15.7. The zero-order chi connectivity index (χ0) is 28.6. The van der Waals surface area contributed by atoms with Crippen LogP contribution in [0.3, 0.4) is 0 Å². The van der Waals surface area contributed by atoms with Crippen LogP contribution in [0.1, 0.15) is 12.0 Å². The number of thiazole rings is 1. The van der Waals surface area contributed by atoms with Crippen LogP contribution in [0, 0.1) is 12.7 Å². The van der Waals surface area contributed by atoms with Gasteiger partial charge in [-0.05, 0) is 73.2 Å². The summed E-state index contributed by atoms with van der Waals surface area (Å²) < 4.78 is 53.0. The number of sulfonamides is 1. The van der Waals surface area contributed by atoms with E-state index in [-0.39, 0.29) is 17.9 Å². The largest absolute Gasteiger partial charge is 0.354 e. The molecule has 2 heterocycles. The van der Waals surface area contributed by atoms with Gasteiger partial charge >= 0.3 is 0 Å². The third kappa shape index (κ3) is 5.28. The van der Waals surface area contributed by atoms with Gasteiger partial charge in [-0.2, -0.15) is 4.31 Å². The highest BCUT2D eigenvalue weighted by Crippen LogP contribution is 2.34. The van der Waals surface area contributed by atoms with E-state index in [1.54, 1.807) is 35.6 Å². The number of aromatic nitrogens is 1. The Balaban J connectivity index is 1.44. The number of rotatable bonds is 9. The summed E-state index contributed by atoms with van der Waals surface area (Å²) in [6.45, 7) is 1.65. The molecule has 1 unspecified atom stereocenters. The number of imide groups is 1. The molecule has 2 amide bonds. The van der Waals surface area contributed by atoms with Gasteiger partial charge in [0, 0.05) is 19.8 Å². The molecule has 0 saturated carbocycles. The van der Waals surface area contributed by atoms with Crippen LogP contribution in [0.15, 0.2) is 71.6 Å². The summed E-state index contributed by atoms with van der Waals surface area (Å²) >= 11 is 1.54. The zero-order valence-corrected chi connectivity index (χ0v) is 23.5. The summed E-state index contributed by atoms with van der Waals surface area (Å²) in [5, 5.41) is 0.797. The minimum atomic E-state index is -4.34. The molecule has 9 nitrogen and oxygen atoms in total. The van der Waals surface area contributed by atoms with Gasteiger partial charge in [-0.25, -0.2) is 22.7 Å². The van der Waals surface area contributed by atoms with Gasteiger partial charge < -0.3 is 9.47 Å². The van der Waals surface area contributed by atoms with Crippen molar-refractivity contribution in [3.05, 3.63) is 78.1 Å². The first-order valence-corrected chi connectivity index (χ1v) is 14.6. The number of anilines is 1. The molecule has 0 bridgehead atoms. The van der Waals surface area contributed by atoms with Crippen molar-refractivity contribution in [1.82, 2.24) is 9.29 Å². The lowest BCUT2D eigenvalue weighted by Gasteiger charge is -2.29. The number of carbonyl (C=O) groups excluding carboxylic acids is 2. The Morgan fingerprint density at radius 2 is 1.73 bits per heavy atom. The van der Waals surface area contributed by atoms with Crippen molar-refractivity contribution in [1.29, 1.82) is 0 Å². The number of carbonyl (C=O) groups is 2. The average molecular weight is 584 g/mol. The molecule has 40 heavy (non-hydrogen) atoms. The van der Waals surface area contributed by atoms with Crippen LogP contribution in [0.5, 0.6) is 0 Å². The Morgan fingerprint density at radius 3 is 2.38 bits per heavy atom. The number of halogens is 1. The first-order chi connectivity index (χ1) is 19.1. The molecule has 3 aromatic carbocycles. The maximum absolute atomic E-state index is 13.6. The molecule has 1 aliphatic rings. The minimum Gasteiger partial charge on any atom is -0.354 e. The highest BCUT2D eigenvalue weighted by molar-refractivity contribution is 7.89. The summed E-state index contributed by atoms with van der Waals surface area (Å²) in [6.07, 6.45) is -1.39. The smallest absolute Gasteiger partial charge is 0.252 e. The Labute approximate surface area is 234 Å². The van der Waals surface area contributed by atoms with Gasteiger partial charge in [0.15, 0.2) is 6.29 Å². The Morgan fingerprint density at radius 1 is 1.05 bits per heavy atom. The zero-order valence-electron chi connectivity index (χ0n) is 21.9. The van der Waals surface area contributed by atoms with Crippen LogP contribution in [-0.4, -0.2) is 62.6 Å². The lowest BCUT2D eigenvalue weighted by Crippen LogP contribution is -2.49. The van der Waals surface area contributed by atoms with Crippen molar-refractivity contribution in [3.63, 3.8) is 0 Å². The SMILES string of the molecule is COC(CN(C1CC(=O)N(c2ccc(-c3nc4ccc(C)cc4s3)cc2)C1=O)S(=O)(=O)c1ccc(F)cc1)OC. The number of fused-ring (bicyclic) bond motifs is 1. The van der Waals surface area contributed by atoms with Crippen LogP contribution in [0.25, 0.3) is 20.8 Å². The van der Waals surface area contributed by atoms with Crippen LogP contribution in [-0.2, 0) is 29.1 Å². The van der Waals surface area contributed by atoms with E-state index in [1.807, 2.05) is 19.1 Å². The lowest BCUT2D eigenvalue weighted by molar-refractivity contribution is -0.125. The van der Waals surface area contributed by atoms with E-state index in [9.17, 15) is 22.4 Å². The molecule has 0 spiro atoms.